The number of ether oxygens (including phenoxy) is 1. The number of carbonyl (C=O) groups excluding carboxylic acids is 3. The fraction of sp³-hybridized carbons (Fsp3) is 0.700. The number of piperidine rings is 1. The fourth-order valence-corrected chi connectivity index (χ4v) is 1.58. The molecule has 5 heteroatoms. The van der Waals surface area contributed by atoms with Gasteiger partial charge in [0.05, 0.1) is 13.5 Å². The van der Waals surface area contributed by atoms with Gasteiger partial charge in [0.15, 0.2) is 0 Å². The van der Waals surface area contributed by atoms with Gasteiger partial charge in [0.25, 0.3) is 0 Å². The van der Waals surface area contributed by atoms with Gasteiger partial charge in [-0.25, -0.2) is 0 Å². The second-order valence-corrected chi connectivity index (χ2v) is 3.78. The lowest BCUT2D eigenvalue weighted by atomic mass is 9.98. The zero-order chi connectivity index (χ0) is 11.4. The van der Waals surface area contributed by atoms with Gasteiger partial charge in [0, 0.05) is 19.4 Å². The van der Waals surface area contributed by atoms with Gasteiger partial charge < -0.3 is 4.74 Å². The van der Waals surface area contributed by atoms with Crippen LogP contribution in [0.5, 0.6) is 0 Å². The molecule has 1 saturated heterocycles. The van der Waals surface area contributed by atoms with Crippen LogP contribution in [0.4, 0.5) is 0 Å². The third kappa shape index (κ3) is 3.04. The maximum atomic E-state index is 11.5. The molecule has 0 unspecified atom stereocenters. The van der Waals surface area contributed by atoms with Gasteiger partial charge in [-0.05, 0) is 5.92 Å². The molecule has 84 valence electrons. The highest BCUT2D eigenvalue weighted by atomic mass is 16.5. The monoisotopic (exact) mass is 213 g/mol. The molecule has 1 aliphatic rings. The zero-order valence-corrected chi connectivity index (χ0v) is 8.99. The summed E-state index contributed by atoms with van der Waals surface area (Å²) in [6.45, 7) is 2.00. The number of methoxy groups -OCH3 is 1. The van der Waals surface area contributed by atoms with Crippen molar-refractivity contribution in [3.8, 4) is 0 Å². The normalized spacial score (nSPS) is 18.1. The SMILES string of the molecule is COC(=O)CCN1C(=O)CC(C)CC1=O. The Morgan fingerprint density at radius 1 is 1.40 bits per heavy atom. The smallest absolute Gasteiger partial charge is 0.307 e. The highest BCUT2D eigenvalue weighted by Crippen LogP contribution is 2.18. The number of hydrogen-bond donors (Lipinski definition) is 0. The lowest BCUT2D eigenvalue weighted by molar-refractivity contribution is -0.150. The Kier molecular flexibility index (Phi) is 3.82. The highest BCUT2D eigenvalue weighted by molar-refractivity contribution is 5.98. The van der Waals surface area contributed by atoms with E-state index in [2.05, 4.69) is 4.74 Å². The van der Waals surface area contributed by atoms with Crippen LogP contribution in [0.25, 0.3) is 0 Å². The second kappa shape index (κ2) is 4.91. The van der Waals surface area contributed by atoms with E-state index in [1.54, 1.807) is 0 Å². The molecule has 2 amide bonds. The Hall–Kier alpha value is -1.39. The van der Waals surface area contributed by atoms with Gasteiger partial charge in [-0.15, -0.1) is 0 Å². The van der Waals surface area contributed by atoms with Gasteiger partial charge in [-0.1, -0.05) is 6.92 Å². The average molecular weight is 213 g/mol. The Balaban J connectivity index is 2.50. The number of rotatable bonds is 3. The van der Waals surface area contributed by atoms with E-state index in [4.69, 9.17) is 0 Å². The van der Waals surface area contributed by atoms with Crippen molar-refractivity contribution in [1.29, 1.82) is 0 Å². The van der Waals surface area contributed by atoms with E-state index in [-0.39, 0.29) is 30.7 Å². The maximum absolute atomic E-state index is 11.5. The van der Waals surface area contributed by atoms with Crippen molar-refractivity contribution in [2.24, 2.45) is 5.92 Å². The van der Waals surface area contributed by atoms with E-state index in [0.29, 0.717) is 12.8 Å². The predicted octanol–water partition coefficient (Wildman–Crippen LogP) is 0.335. The number of nitrogens with zero attached hydrogens (tertiary/aromatic N) is 1. The topological polar surface area (TPSA) is 63.7 Å². The van der Waals surface area contributed by atoms with E-state index >= 15 is 0 Å². The maximum Gasteiger partial charge on any atom is 0.307 e. The van der Waals surface area contributed by atoms with E-state index < -0.39 is 5.97 Å². The molecule has 0 aromatic heterocycles. The summed E-state index contributed by atoms with van der Waals surface area (Å²) in [6, 6.07) is 0. The summed E-state index contributed by atoms with van der Waals surface area (Å²) in [6.07, 6.45) is 0.836. The van der Waals surface area contributed by atoms with Crippen LogP contribution >= 0.6 is 0 Å². The van der Waals surface area contributed by atoms with Crippen molar-refractivity contribution >= 4 is 17.8 Å². The summed E-state index contributed by atoms with van der Waals surface area (Å²) in [5, 5.41) is 0. The molecule has 1 aliphatic heterocycles. The van der Waals surface area contributed by atoms with Crippen LogP contribution in [0.15, 0.2) is 0 Å². The first-order chi connectivity index (χ1) is 7.04. The lowest BCUT2D eigenvalue weighted by Crippen LogP contribution is -2.43. The van der Waals surface area contributed by atoms with E-state index in [0.717, 1.165) is 4.90 Å². The van der Waals surface area contributed by atoms with Crippen LogP contribution in [0.3, 0.4) is 0 Å². The van der Waals surface area contributed by atoms with Gasteiger partial charge in [-0.2, -0.15) is 0 Å². The summed E-state index contributed by atoms with van der Waals surface area (Å²) in [5.41, 5.74) is 0. The standard InChI is InChI=1S/C10H15NO4/c1-7-5-8(12)11(9(13)6-7)4-3-10(14)15-2/h7H,3-6H2,1-2H3. The summed E-state index contributed by atoms with van der Waals surface area (Å²) in [7, 11) is 1.28. The van der Waals surface area contributed by atoms with Gasteiger partial charge in [0.2, 0.25) is 11.8 Å². The average Bonchev–Trinajstić information content (AvgIpc) is 2.15. The lowest BCUT2D eigenvalue weighted by Gasteiger charge is -2.27. The largest absolute Gasteiger partial charge is 0.469 e. The number of hydrogen-bond acceptors (Lipinski definition) is 4. The number of amides is 2. The number of carbonyl (C=O) groups is 3. The van der Waals surface area contributed by atoms with Crippen molar-refractivity contribution in [3.05, 3.63) is 0 Å². The molecule has 0 bridgehead atoms. The van der Waals surface area contributed by atoms with Gasteiger partial charge >= 0.3 is 5.97 Å². The number of esters is 1. The molecule has 1 heterocycles. The quantitative estimate of drug-likeness (QED) is 0.500. The predicted molar refractivity (Wildman–Crippen MR) is 51.8 cm³/mol. The minimum atomic E-state index is -0.408. The van der Waals surface area contributed by atoms with Crippen LogP contribution in [0, 0.1) is 5.92 Å². The molecular weight excluding hydrogens is 198 g/mol. The van der Waals surface area contributed by atoms with Crippen LogP contribution in [-0.4, -0.2) is 36.3 Å². The first kappa shape index (κ1) is 11.7. The Bertz CT molecular complexity index is 269. The summed E-state index contributed by atoms with van der Waals surface area (Å²) >= 11 is 0. The van der Waals surface area contributed by atoms with Gasteiger partial charge in [0.1, 0.15) is 0 Å². The Morgan fingerprint density at radius 3 is 2.40 bits per heavy atom. The summed E-state index contributed by atoms with van der Waals surface area (Å²) < 4.78 is 4.44. The van der Waals surface area contributed by atoms with E-state index in [9.17, 15) is 14.4 Å². The molecule has 0 radical (unpaired) electrons. The molecule has 15 heavy (non-hydrogen) atoms. The Labute approximate surface area is 88.4 Å². The van der Waals surface area contributed by atoms with Crippen molar-refractivity contribution in [3.63, 3.8) is 0 Å². The third-order valence-corrected chi connectivity index (χ3v) is 2.42. The molecule has 0 spiro atoms. The van der Waals surface area contributed by atoms with Crippen molar-refractivity contribution in [1.82, 2.24) is 4.90 Å². The summed E-state index contributed by atoms with van der Waals surface area (Å²) in [4.78, 5) is 34.9. The van der Waals surface area contributed by atoms with E-state index in [1.807, 2.05) is 6.92 Å². The molecule has 1 fully saturated rings. The fourth-order valence-electron chi connectivity index (χ4n) is 1.58. The van der Waals surface area contributed by atoms with Crippen LogP contribution in [0.1, 0.15) is 26.2 Å². The molecule has 0 atom stereocenters. The van der Waals surface area contributed by atoms with Crippen molar-refractivity contribution in [2.45, 2.75) is 26.2 Å². The molecule has 0 saturated carbocycles. The van der Waals surface area contributed by atoms with Gasteiger partial charge in [-0.3, -0.25) is 19.3 Å². The minimum absolute atomic E-state index is 0.0718. The first-order valence-electron chi connectivity index (χ1n) is 4.94. The van der Waals surface area contributed by atoms with E-state index in [1.165, 1.54) is 7.11 Å². The van der Waals surface area contributed by atoms with Crippen LogP contribution < -0.4 is 0 Å². The molecule has 0 aromatic rings. The van der Waals surface area contributed by atoms with Crippen molar-refractivity contribution < 1.29 is 19.1 Å². The first-order valence-corrected chi connectivity index (χ1v) is 4.94. The van der Waals surface area contributed by atoms with Crippen LogP contribution in [0.2, 0.25) is 0 Å². The molecule has 1 rings (SSSR count). The Morgan fingerprint density at radius 2 is 1.93 bits per heavy atom. The highest BCUT2D eigenvalue weighted by Gasteiger charge is 2.30. The third-order valence-electron chi connectivity index (χ3n) is 2.42. The number of likely N-dealkylation sites (tertiary alicyclic amines) is 1. The number of imide groups is 1. The van der Waals surface area contributed by atoms with Crippen LogP contribution in [-0.2, 0) is 19.1 Å². The zero-order valence-electron chi connectivity index (χ0n) is 8.99. The molecule has 0 N–H and O–H groups in total. The summed E-state index contributed by atoms with van der Waals surface area (Å²) in [5.74, 6) is -0.682. The van der Waals surface area contributed by atoms with Crippen molar-refractivity contribution in [2.75, 3.05) is 13.7 Å². The molecule has 0 aromatic carbocycles. The molecular formula is C10H15NO4. The second-order valence-electron chi connectivity index (χ2n) is 3.78. The molecule has 0 aliphatic carbocycles. The minimum Gasteiger partial charge on any atom is -0.469 e. The molecule has 5 nitrogen and oxygen atoms in total.